The molecule has 5 nitrogen and oxygen atoms in total. The van der Waals surface area contributed by atoms with Crippen LogP contribution in [0.25, 0.3) is 0 Å². The number of aryl methyl sites for hydroxylation is 1. The molecule has 2 rings (SSSR count). The first-order valence-electron chi connectivity index (χ1n) is 7.39. The predicted molar refractivity (Wildman–Crippen MR) is 80.3 cm³/mol. The van der Waals surface area contributed by atoms with Gasteiger partial charge in [0.1, 0.15) is 0 Å². The molecule has 2 amide bonds. The molecule has 1 N–H and O–H groups in total. The molecule has 1 saturated heterocycles. The van der Waals surface area contributed by atoms with E-state index in [0.717, 1.165) is 24.9 Å². The van der Waals surface area contributed by atoms with Crippen molar-refractivity contribution < 1.29 is 14.3 Å². The molecule has 5 heteroatoms. The molecule has 1 aromatic carbocycles. The highest BCUT2D eigenvalue weighted by Crippen LogP contribution is 2.14. The number of nitrogens with zero attached hydrogens (tertiary/aromatic N) is 1. The molecule has 1 heterocycles. The topological polar surface area (TPSA) is 58.6 Å². The van der Waals surface area contributed by atoms with Crippen LogP contribution in [0, 0.1) is 6.92 Å². The number of benzene rings is 1. The summed E-state index contributed by atoms with van der Waals surface area (Å²) in [5.74, 6) is 0.0189. The van der Waals surface area contributed by atoms with Gasteiger partial charge in [0.25, 0.3) is 5.91 Å². The number of hydrogen-bond donors (Lipinski definition) is 1. The number of carbonyl (C=O) groups excluding carboxylic acids is 2. The highest BCUT2D eigenvalue weighted by Gasteiger charge is 2.25. The number of amides is 2. The predicted octanol–water partition coefficient (Wildman–Crippen LogP) is 2.35. The van der Waals surface area contributed by atoms with E-state index in [0.29, 0.717) is 18.7 Å². The second-order valence-electron chi connectivity index (χ2n) is 5.32. The Labute approximate surface area is 125 Å². The van der Waals surface area contributed by atoms with E-state index in [-0.39, 0.29) is 11.9 Å². The van der Waals surface area contributed by atoms with Crippen molar-refractivity contribution in [2.45, 2.75) is 32.7 Å². The van der Waals surface area contributed by atoms with Crippen molar-refractivity contribution in [1.82, 2.24) is 10.2 Å². The van der Waals surface area contributed by atoms with E-state index in [4.69, 9.17) is 4.74 Å². The number of piperidine rings is 1. The lowest BCUT2D eigenvalue weighted by Crippen LogP contribution is -2.49. The van der Waals surface area contributed by atoms with Crippen molar-refractivity contribution in [3.8, 4) is 0 Å². The Kier molecular flexibility index (Phi) is 5.20. The molecule has 1 atom stereocenters. The summed E-state index contributed by atoms with van der Waals surface area (Å²) >= 11 is 0. The van der Waals surface area contributed by atoms with Crippen LogP contribution in [0.5, 0.6) is 0 Å². The van der Waals surface area contributed by atoms with E-state index in [1.165, 1.54) is 0 Å². The molecular formula is C16H22N2O3. The van der Waals surface area contributed by atoms with Gasteiger partial charge in [-0.05, 0) is 38.8 Å². The third-order valence-corrected chi connectivity index (χ3v) is 3.60. The molecule has 0 aromatic heterocycles. The lowest BCUT2D eigenvalue weighted by molar-refractivity contribution is 0.0686. The zero-order chi connectivity index (χ0) is 15.2. The molecule has 1 aliphatic rings. The Balaban J connectivity index is 1.95. The van der Waals surface area contributed by atoms with Crippen LogP contribution in [0.2, 0.25) is 0 Å². The highest BCUT2D eigenvalue weighted by atomic mass is 16.5. The smallest absolute Gasteiger partial charge is 0.407 e. The number of nitrogens with one attached hydrogen (secondary N) is 1. The fraction of sp³-hybridized carbons (Fsp3) is 0.500. The second kappa shape index (κ2) is 7.11. The quantitative estimate of drug-likeness (QED) is 0.929. The van der Waals surface area contributed by atoms with Crippen LogP contribution in [0.4, 0.5) is 4.79 Å². The van der Waals surface area contributed by atoms with Gasteiger partial charge in [-0.25, -0.2) is 4.79 Å². The number of likely N-dealkylation sites (tertiary alicyclic amines) is 1. The first-order valence-corrected chi connectivity index (χ1v) is 7.39. The zero-order valence-corrected chi connectivity index (χ0v) is 12.6. The van der Waals surface area contributed by atoms with Crippen molar-refractivity contribution in [3.63, 3.8) is 0 Å². The van der Waals surface area contributed by atoms with Crippen molar-refractivity contribution in [2.75, 3.05) is 19.7 Å². The molecule has 1 aromatic rings. The number of alkyl carbamates (subject to hydrolysis) is 1. The first kappa shape index (κ1) is 15.4. The van der Waals surface area contributed by atoms with E-state index >= 15 is 0 Å². The van der Waals surface area contributed by atoms with E-state index in [2.05, 4.69) is 5.32 Å². The van der Waals surface area contributed by atoms with Crippen LogP contribution in [-0.2, 0) is 4.74 Å². The molecule has 0 unspecified atom stereocenters. The second-order valence-corrected chi connectivity index (χ2v) is 5.32. The van der Waals surface area contributed by atoms with Gasteiger partial charge in [0.15, 0.2) is 0 Å². The Bertz CT molecular complexity index is 499. The van der Waals surface area contributed by atoms with Gasteiger partial charge in [-0.15, -0.1) is 0 Å². The van der Waals surface area contributed by atoms with Gasteiger partial charge < -0.3 is 15.0 Å². The van der Waals surface area contributed by atoms with Gasteiger partial charge in [-0.1, -0.05) is 17.7 Å². The first-order chi connectivity index (χ1) is 10.1. The van der Waals surface area contributed by atoms with Crippen LogP contribution in [0.3, 0.4) is 0 Å². The third-order valence-electron chi connectivity index (χ3n) is 3.60. The summed E-state index contributed by atoms with van der Waals surface area (Å²) in [6, 6.07) is 7.53. The minimum Gasteiger partial charge on any atom is -0.450 e. The zero-order valence-electron chi connectivity index (χ0n) is 12.6. The van der Waals surface area contributed by atoms with Crippen LogP contribution < -0.4 is 5.32 Å². The largest absolute Gasteiger partial charge is 0.450 e. The third kappa shape index (κ3) is 4.21. The molecule has 114 valence electrons. The average Bonchev–Trinajstić information content (AvgIpc) is 2.48. The summed E-state index contributed by atoms with van der Waals surface area (Å²) in [6.45, 7) is 5.38. The Morgan fingerprint density at radius 3 is 2.71 bits per heavy atom. The summed E-state index contributed by atoms with van der Waals surface area (Å²) in [4.78, 5) is 25.7. The highest BCUT2D eigenvalue weighted by molar-refractivity contribution is 5.94. The van der Waals surface area contributed by atoms with Crippen molar-refractivity contribution in [3.05, 3.63) is 35.4 Å². The molecule has 0 spiro atoms. The summed E-state index contributed by atoms with van der Waals surface area (Å²) in [5, 5.41) is 2.81. The maximum atomic E-state index is 12.5. The monoisotopic (exact) mass is 290 g/mol. The van der Waals surface area contributed by atoms with Crippen LogP contribution in [0.1, 0.15) is 35.7 Å². The lowest BCUT2D eigenvalue weighted by Gasteiger charge is -2.33. The van der Waals surface area contributed by atoms with E-state index in [1.54, 1.807) is 11.8 Å². The van der Waals surface area contributed by atoms with E-state index in [1.807, 2.05) is 31.2 Å². The number of carbonyl (C=O) groups is 2. The maximum absolute atomic E-state index is 12.5. The SMILES string of the molecule is CCOC(=O)N[C@H]1CCCN(C(=O)c2ccc(C)cc2)C1. The van der Waals surface area contributed by atoms with Crippen LogP contribution in [-0.4, -0.2) is 42.6 Å². The lowest BCUT2D eigenvalue weighted by atomic mass is 10.0. The molecule has 0 aliphatic carbocycles. The Hall–Kier alpha value is -2.04. The molecule has 0 bridgehead atoms. The fourth-order valence-electron chi connectivity index (χ4n) is 2.50. The molecule has 0 saturated carbocycles. The van der Waals surface area contributed by atoms with Crippen LogP contribution in [0.15, 0.2) is 24.3 Å². The minimum atomic E-state index is -0.410. The molecule has 0 radical (unpaired) electrons. The van der Waals surface area contributed by atoms with Gasteiger partial charge >= 0.3 is 6.09 Å². The summed E-state index contributed by atoms with van der Waals surface area (Å²) in [6.07, 6.45) is 1.35. The van der Waals surface area contributed by atoms with Gasteiger partial charge in [0.05, 0.1) is 6.61 Å². The van der Waals surface area contributed by atoms with Gasteiger partial charge in [-0.3, -0.25) is 4.79 Å². The number of ether oxygens (including phenoxy) is 1. The van der Waals surface area contributed by atoms with Crippen molar-refractivity contribution >= 4 is 12.0 Å². The standard InChI is InChI=1S/C16H22N2O3/c1-3-21-16(20)17-14-5-4-10-18(11-14)15(19)13-8-6-12(2)7-9-13/h6-9,14H,3-5,10-11H2,1-2H3,(H,17,20)/t14-/m0/s1. The van der Waals surface area contributed by atoms with Crippen molar-refractivity contribution in [1.29, 1.82) is 0 Å². The van der Waals surface area contributed by atoms with E-state index in [9.17, 15) is 9.59 Å². The average molecular weight is 290 g/mol. The Morgan fingerprint density at radius 2 is 2.05 bits per heavy atom. The summed E-state index contributed by atoms with van der Waals surface area (Å²) < 4.78 is 4.88. The van der Waals surface area contributed by atoms with Gasteiger partial charge in [-0.2, -0.15) is 0 Å². The van der Waals surface area contributed by atoms with Gasteiger partial charge in [0.2, 0.25) is 0 Å². The summed E-state index contributed by atoms with van der Waals surface area (Å²) in [7, 11) is 0. The summed E-state index contributed by atoms with van der Waals surface area (Å²) in [5.41, 5.74) is 1.82. The molecular weight excluding hydrogens is 268 g/mol. The molecule has 1 aliphatic heterocycles. The molecule has 21 heavy (non-hydrogen) atoms. The van der Waals surface area contributed by atoms with E-state index < -0.39 is 6.09 Å². The van der Waals surface area contributed by atoms with Crippen LogP contribution >= 0.6 is 0 Å². The normalized spacial score (nSPS) is 18.2. The minimum absolute atomic E-state index is 0.0189. The fourth-order valence-corrected chi connectivity index (χ4v) is 2.50. The maximum Gasteiger partial charge on any atom is 0.407 e. The number of rotatable bonds is 3. The molecule has 1 fully saturated rings. The Morgan fingerprint density at radius 1 is 1.33 bits per heavy atom. The van der Waals surface area contributed by atoms with Crippen molar-refractivity contribution in [2.24, 2.45) is 0 Å². The van der Waals surface area contributed by atoms with Gasteiger partial charge in [0, 0.05) is 24.7 Å². The number of hydrogen-bond acceptors (Lipinski definition) is 3.